The molecule has 0 amide bonds. The van der Waals surface area contributed by atoms with Crippen molar-refractivity contribution in [2.45, 2.75) is 45.6 Å². The molecule has 1 aliphatic heterocycles. The third-order valence-electron chi connectivity index (χ3n) is 5.93. The molecule has 4 heterocycles. The fraction of sp³-hybridized carbons (Fsp3) is 0.308. The maximum atomic E-state index is 14.0. The van der Waals surface area contributed by atoms with E-state index < -0.39 is 40.8 Å². The number of aryl methyl sites for hydroxylation is 1. The van der Waals surface area contributed by atoms with E-state index in [1.165, 1.54) is 10.6 Å². The Labute approximate surface area is 222 Å². The summed E-state index contributed by atoms with van der Waals surface area (Å²) in [5.41, 5.74) is -0.115. The average molecular weight is 546 g/mol. The molecule has 0 aliphatic carbocycles. The summed E-state index contributed by atoms with van der Waals surface area (Å²) >= 11 is 6.34. The highest BCUT2D eigenvalue weighted by molar-refractivity contribution is 6.31. The average Bonchev–Trinajstić information content (AvgIpc) is 2.83. The Hall–Kier alpha value is -3.67. The monoisotopic (exact) mass is 545 g/mol. The van der Waals surface area contributed by atoms with Gasteiger partial charge in [-0.2, -0.15) is 0 Å². The van der Waals surface area contributed by atoms with Crippen molar-refractivity contribution in [2.75, 3.05) is 7.05 Å². The number of hydrogen-bond acceptors (Lipinski definition) is 8. The van der Waals surface area contributed by atoms with Crippen LogP contribution in [0, 0.1) is 18.6 Å². The van der Waals surface area contributed by atoms with E-state index in [4.69, 9.17) is 16.3 Å². The van der Waals surface area contributed by atoms with Gasteiger partial charge in [0.2, 0.25) is 6.29 Å². The number of halogens is 3. The van der Waals surface area contributed by atoms with E-state index in [2.05, 4.69) is 15.0 Å². The maximum absolute atomic E-state index is 14.0. The van der Waals surface area contributed by atoms with E-state index in [1.54, 1.807) is 33.0 Å². The molecule has 0 aromatic carbocycles. The summed E-state index contributed by atoms with van der Waals surface area (Å²) in [6, 6.07) is 3.31. The normalized spacial score (nSPS) is 16.7. The standard InChI is InChI=1S/C26H26ClF2N5O4/c1-13-12-33(5)19(17-6-7-30-25(32-17)26(3,4)37)10-18(13)34-14(2)8-20(21(27)23(34)35)38-24(36)22-16(29)9-15(28)11-31-22/h6-12,19,24,36-37H,1-5H3. The van der Waals surface area contributed by atoms with Gasteiger partial charge >= 0.3 is 0 Å². The number of nitrogens with zero attached hydrogens (tertiary/aromatic N) is 5. The minimum atomic E-state index is -1.93. The first-order chi connectivity index (χ1) is 17.8. The van der Waals surface area contributed by atoms with E-state index in [0.717, 1.165) is 11.8 Å². The predicted molar refractivity (Wildman–Crippen MR) is 136 cm³/mol. The summed E-state index contributed by atoms with van der Waals surface area (Å²) in [5, 5.41) is 20.3. The number of rotatable bonds is 6. The Morgan fingerprint density at radius 2 is 1.92 bits per heavy atom. The molecule has 12 heteroatoms. The Bertz CT molecular complexity index is 1520. The molecule has 2 N–H and O–H groups in total. The van der Waals surface area contributed by atoms with Crippen LogP contribution in [-0.4, -0.2) is 41.7 Å². The molecule has 0 saturated carbocycles. The van der Waals surface area contributed by atoms with E-state index in [1.807, 2.05) is 31.1 Å². The Balaban J connectivity index is 1.73. The smallest absolute Gasteiger partial charge is 0.277 e. The van der Waals surface area contributed by atoms with E-state index in [0.29, 0.717) is 23.2 Å². The molecule has 3 aromatic rings. The van der Waals surface area contributed by atoms with Crippen LogP contribution in [0.1, 0.15) is 56.0 Å². The van der Waals surface area contributed by atoms with Gasteiger partial charge in [0.05, 0.1) is 23.6 Å². The van der Waals surface area contributed by atoms with Gasteiger partial charge in [0.25, 0.3) is 5.56 Å². The molecule has 2 unspecified atom stereocenters. The third-order valence-corrected chi connectivity index (χ3v) is 6.28. The highest BCUT2D eigenvalue weighted by atomic mass is 35.5. The number of aliphatic hydroxyl groups excluding tert-OH is 1. The Morgan fingerprint density at radius 3 is 2.58 bits per heavy atom. The predicted octanol–water partition coefficient (Wildman–Crippen LogP) is 4.00. The summed E-state index contributed by atoms with van der Waals surface area (Å²) in [4.78, 5) is 27.5. The zero-order valence-corrected chi connectivity index (χ0v) is 22.0. The van der Waals surface area contributed by atoms with E-state index >= 15 is 0 Å². The number of aliphatic hydroxyl groups is 2. The third kappa shape index (κ3) is 5.31. The molecule has 38 heavy (non-hydrogen) atoms. The van der Waals surface area contributed by atoms with Crippen molar-refractivity contribution >= 4 is 17.3 Å². The molecule has 4 rings (SSSR count). The van der Waals surface area contributed by atoms with Gasteiger partial charge in [0.1, 0.15) is 27.9 Å². The first-order valence-electron chi connectivity index (χ1n) is 11.5. The number of allylic oxidation sites excluding steroid dienone is 2. The van der Waals surface area contributed by atoms with Crippen LogP contribution in [0.15, 0.2) is 53.2 Å². The lowest BCUT2D eigenvalue weighted by atomic mass is 10.0. The van der Waals surface area contributed by atoms with Crippen LogP contribution in [0.2, 0.25) is 5.02 Å². The molecular formula is C26H26ClF2N5O4. The highest BCUT2D eigenvalue weighted by Gasteiger charge is 2.27. The molecule has 1 aliphatic rings. The molecule has 0 fully saturated rings. The van der Waals surface area contributed by atoms with Crippen molar-refractivity contribution in [3.05, 3.63) is 98.4 Å². The fourth-order valence-corrected chi connectivity index (χ4v) is 4.26. The largest absolute Gasteiger partial charge is 0.457 e. The van der Waals surface area contributed by atoms with Gasteiger partial charge < -0.3 is 19.8 Å². The lowest BCUT2D eigenvalue weighted by molar-refractivity contribution is -0.0258. The SMILES string of the molecule is CC1=CN(C)C(c2ccnc(C(C)(C)O)n2)C=C1n1c(C)cc(OC(O)c2ncc(F)cc2F)c(Cl)c1=O. The topological polar surface area (TPSA) is 114 Å². The van der Waals surface area contributed by atoms with Crippen molar-refractivity contribution in [3.8, 4) is 5.75 Å². The van der Waals surface area contributed by atoms with Gasteiger partial charge in [0, 0.05) is 37.3 Å². The van der Waals surface area contributed by atoms with Crippen LogP contribution >= 0.6 is 11.6 Å². The first-order valence-corrected chi connectivity index (χ1v) is 11.9. The zero-order valence-electron chi connectivity index (χ0n) is 21.3. The molecule has 0 spiro atoms. The second kappa shape index (κ2) is 10.2. The van der Waals surface area contributed by atoms with Gasteiger partial charge in [-0.05, 0) is 45.4 Å². The summed E-state index contributed by atoms with van der Waals surface area (Å²) in [7, 11) is 1.86. The molecule has 200 valence electrons. The van der Waals surface area contributed by atoms with Crippen LogP contribution < -0.4 is 10.3 Å². The number of aromatic nitrogens is 4. The lowest BCUT2D eigenvalue weighted by Crippen LogP contribution is -2.29. The minimum absolute atomic E-state index is 0.194. The second-order valence-corrected chi connectivity index (χ2v) is 9.81. The summed E-state index contributed by atoms with van der Waals surface area (Å²) < 4.78 is 33.9. The van der Waals surface area contributed by atoms with Crippen molar-refractivity contribution < 1.29 is 23.7 Å². The first kappa shape index (κ1) is 27.4. The Kier molecular flexibility index (Phi) is 7.37. The molecular weight excluding hydrogens is 520 g/mol. The maximum Gasteiger partial charge on any atom is 0.277 e. The summed E-state index contributed by atoms with van der Waals surface area (Å²) in [6.45, 7) is 6.66. The fourth-order valence-electron chi connectivity index (χ4n) is 4.08. The van der Waals surface area contributed by atoms with E-state index in [-0.39, 0.29) is 16.6 Å². The summed E-state index contributed by atoms with van der Waals surface area (Å²) in [6.07, 6.45) is 4.05. The van der Waals surface area contributed by atoms with Crippen molar-refractivity contribution in [1.82, 2.24) is 24.4 Å². The molecule has 3 aromatic heterocycles. The van der Waals surface area contributed by atoms with Gasteiger partial charge in [-0.15, -0.1) is 0 Å². The van der Waals surface area contributed by atoms with E-state index in [9.17, 15) is 23.8 Å². The van der Waals surface area contributed by atoms with Gasteiger partial charge in [-0.25, -0.2) is 23.7 Å². The zero-order chi connectivity index (χ0) is 27.9. The molecule has 0 saturated heterocycles. The Morgan fingerprint density at radius 1 is 1.21 bits per heavy atom. The van der Waals surface area contributed by atoms with Crippen molar-refractivity contribution in [1.29, 1.82) is 0 Å². The molecule has 0 bridgehead atoms. The number of likely N-dealkylation sites (N-methyl/N-ethyl adjacent to an activating group) is 1. The van der Waals surface area contributed by atoms with Crippen molar-refractivity contribution in [3.63, 3.8) is 0 Å². The van der Waals surface area contributed by atoms with Gasteiger partial charge in [0.15, 0.2) is 11.6 Å². The van der Waals surface area contributed by atoms with Crippen LogP contribution in [0.25, 0.3) is 5.70 Å². The van der Waals surface area contributed by atoms with Crippen molar-refractivity contribution in [2.24, 2.45) is 0 Å². The van der Waals surface area contributed by atoms with Crippen LogP contribution in [0.4, 0.5) is 8.78 Å². The quantitative estimate of drug-likeness (QED) is 0.447. The lowest BCUT2D eigenvalue weighted by Gasteiger charge is -2.31. The highest BCUT2D eigenvalue weighted by Crippen LogP contribution is 2.34. The van der Waals surface area contributed by atoms with Crippen LogP contribution in [0.3, 0.4) is 0 Å². The molecule has 0 radical (unpaired) electrons. The molecule has 9 nitrogen and oxygen atoms in total. The van der Waals surface area contributed by atoms with Gasteiger partial charge in [-0.1, -0.05) is 11.6 Å². The number of hydrogen-bond donors (Lipinski definition) is 2. The summed E-state index contributed by atoms with van der Waals surface area (Å²) in [5.74, 6) is -1.96. The van der Waals surface area contributed by atoms with Crippen LogP contribution in [-0.2, 0) is 5.60 Å². The second-order valence-electron chi connectivity index (χ2n) is 9.43. The number of pyridine rings is 2. The minimum Gasteiger partial charge on any atom is -0.457 e. The number of ether oxygens (including phenoxy) is 1. The molecule has 2 atom stereocenters. The van der Waals surface area contributed by atoms with Gasteiger partial charge in [-0.3, -0.25) is 9.36 Å². The van der Waals surface area contributed by atoms with Crippen LogP contribution in [0.5, 0.6) is 5.75 Å².